The molecule has 2 nitrogen and oxygen atoms in total. The smallest absolute Gasteiger partial charge is 0.248 e. The highest BCUT2D eigenvalue weighted by molar-refractivity contribution is 5.97. The number of benzene rings is 1. The van der Waals surface area contributed by atoms with E-state index in [0.29, 0.717) is 24.9 Å². The summed E-state index contributed by atoms with van der Waals surface area (Å²) in [6, 6.07) is 7.31. The highest BCUT2D eigenvalue weighted by atomic mass is 19.3. The van der Waals surface area contributed by atoms with Gasteiger partial charge in [0, 0.05) is 24.8 Å². The van der Waals surface area contributed by atoms with E-state index < -0.39 is 5.92 Å². The van der Waals surface area contributed by atoms with Crippen molar-refractivity contribution in [2.24, 2.45) is 11.7 Å². The molecule has 1 aliphatic carbocycles. The van der Waals surface area contributed by atoms with Gasteiger partial charge >= 0.3 is 0 Å². The molecule has 1 aliphatic rings. The van der Waals surface area contributed by atoms with Crippen molar-refractivity contribution in [1.82, 2.24) is 0 Å². The Morgan fingerprint density at radius 3 is 2.74 bits per heavy atom. The number of halogens is 2. The fraction of sp³-hybridized carbons (Fsp3) is 0.533. The first-order chi connectivity index (χ1) is 9.02. The zero-order chi connectivity index (χ0) is 13.9. The molecule has 2 N–H and O–H groups in total. The lowest BCUT2D eigenvalue weighted by Crippen LogP contribution is -2.14. The lowest BCUT2D eigenvalue weighted by molar-refractivity contribution is 0.00497. The van der Waals surface area contributed by atoms with Gasteiger partial charge in [-0.1, -0.05) is 24.3 Å². The molecule has 0 bridgehead atoms. The topological polar surface area (TPSA) is 43.1 Å². The average Bonchev–Trinajstić information content (AvgIpc) is 2.69. The van der Waals surface area contributed by atoms with Gasteiger partial charge in [0.25, 0.3) is 0 Å². The van der Waals surface area contributed by atoms with Crippen LogP contribution >= 0.6 is 0 Å². The zero-order valence-electron chi connectivity index (χ0n) is 10.9. The van der Waals surface area contributed by atoms with Crippen LogP contribution in [0.3, 0.4) is 0 Å². The van der Waals surface area contributed by atoms with E-state index in [4.69, 9.17) is 5.73 Å². The van der Waals surface area contributed by atoms with Crippen LogP contribution in [0.1, 0.15) is 41.6 Å². The maximum Gasteiger partial charge on any atom is 0.248 e. The minimum atomic E-state index is -2.58. The lowest BCUT2D eigenvalue weighted by atomic mass is 9.93. The highest BCUT2D eigenvalue weighted by Gasteiger charge is 2.40. The van der Waals surface area contributed by atoms with Gasteiger partial charge in [0.15, 0.2) is 5.78 Å². The van der Waals surface area contributed by atoms with Crippen molar-refractivity contribution in [1.29, 1.82) is 0 Å². The van der Waals surface area contributed by atoms with Crippen molar-refractivity contribution in [2.75, 3.05) is 6.54 Å². The van der Waals surface area contributed by atoms with Crippen LogP contribution in [0.4, 0.5) is 8.78 Å². The number of hydrogen-bond acceptors (Lipinski definition) is 2. The fourth-order valence-corrected chi connectivity index (χ4v) is 2.75. The minimum Gasteiger partial charge on any atom is -0.330 e. The normalized spacial score (nSPS) is 21.5. The largest absolute Gasteiger partial charge is 0.330 e. The third-order valence-electron chi connectivity index (χ3n) is 3.71. The summed E-state index contributed by atoms with van der Waals surface area (Å²) in [5.74, 6) is -2.80. The summed E-state index contributed by atoms with van der Waals surface area (Å²) in [5, 5.41) is 0. The van der Waals surface area contributed by atoms with Gasteiger partial charge in [-0.15, -0.1) is 0 Å². The summed E-state index contributed by atoms with van der Waals surface area (Å²) in [5.41, 5.74) is 7.08. The van der Waals surface area contributed by atoms with Crippen LogP contribution < -0.4 is 5.73 Å². The van der Waals surface area contributed by atoms with Crippen molar-refractivity contribution in [3.63, 3.8) is 0 Å². The standard InChI is InChI=1S/C15H19F2NO/c16-15(17)7-5-11(10-15)9-14(19)13-4-2-1-3-12(13)6-8-18/h1-4,11H,5-10,18H2. The highest BCUT2D eigenvalue weighted by Crippen LogP contribution is 2.40. The van der Waals surface area contributed by atoms with E-state index in [1.807, 2.05) is 12.1 Å². The number of nitrogens with two attached hydrogens (primary N) is 1. The van der Waals surface area contributed by atoms with Crippen LogP contribution in [0.15, 0.2) is 24.3 Å². The van der Waals surface area contributed by atoms with E-state index in [9.17, 15) is 13.6 Å². The third kappa shape index (κ3) is 3.60. The molecule has 4 heteroatoms. The predicted octanol–water partition coefficient (Wildman–Crippen LogP) is 3.20. The SMILES string of the molecule is NCCc1ccccc1C(=O)CC1CCC(F)(F)C1. The quantitative estimate of drug-likeness (QED) is 0.832. The Bertz CT molecular complexity index is 459. The third-order valence-corrected chi connectivity index (χ3v) is 3.71. The van der Waals surface area contributed by atoms with Crippen LogP contribution in [-0.2, 0) is 6.42 Å². The Hall–Kier alpha value is -1.29. The van der Waals surface area contributed by atoms with Gasteiger partial charge in [-0.2, -0.15) is 0 Å². The number of rotatable bonds is 5. The molecular formula is C15H19F2NO. The number of hydrogen-bond donors (Lipinski definition) is 1. The van der Waals surface area contributed by atoms with Gasteiger partial charge in [0.1, 0.15) is 0 Å². The van der Waals surface area contributed by atoms with Gasteiger partial charge in [0.2, 0.25) is 5.92 Å². The molecule has 1 unspecified atom stereocenters. The van der Waals surface area contributed by atoms with Gasteiger partial charge in [0.05, 0.1) is 0 Å². The lowest BCUT2D eigenvalue weighted by Gasteiger charge is -2.12. The summed E-state index contributed by atoms with van der Waals surface area (Å²) >= 11 is 0. The molecule has 104 valence electrons. The van der Waals surface area contributed by atoms with Gasteiger partial charge in [-0.3, -0.25) is 4.79 Å². The molecule has 1 fully saturated rings. The average molecular weight is 267 g/mol. The Morgan fingerprint density at radius 1 is 1.37 bits per heavy atom. The molecule has 19 heavy (non-hydrogen) atoms. The summed E-state index contributed by atoms with van der Waals surface area (Å²) in [7, 11) is 0. The van der Waals surface area contributed by atoms with Crippen LogP contribution in [0.2, 0.25) is 0 Å². The molecule has 0 heterocycles. The van der Waals surface area contributed by atoms with E-state index in [-0.39, 0.29) is 31.0 Å². The van der Waals surface area contributed by atoms with Crippen LogP contribution in [0, 0.1) is 5.92 Å². The monoisotopic (exact) mass is 267 g/mol. The van der Waals surface area contributed by atoms with Gasteiger partial charge < -0.3 is 5.73 Å². The minimum absolute atomic E-state index is 0.0354. The molecule has 1 atom stereocenters. The number of ketones is 1. The van der Waals surface area contributed by atoms with E-state index in [0.717, 1.165) is 5.56 Å². The Labute approximate surface area is 112 Å². The second-order valence-corrected chi connectivity index (χ2v) is 5.29. The molecule has 1 saturated carbocycles. The first-order valence-electron chi connectivity index (χ1n) is 6.71. The van der Waals surface area contributed by atoms with Crippen molar-refractivity contribution in [2.45, 2.75) is 38.0 Å². The van der Waals surface area contributed by atoms with Gasteiger partial charge in [-0.25, -0.2) is 8.78 Å². The number of carbonyl (C=O) groups is 1. The van der Waals surface area contributed by atoms with Crippen LogP contribution in [0.5, 0.6) is 0 Å². The van der Waals surface area contributed by atoms with E-state index in [1.54, 1.807) is 12.1 Å². The van der Waals surface area contributed by atoms with E-state index >= 15 is 0 Å². The molecular weight excluding hydrogens is 248 g/mol. The van der Waals surface area contributed by atoms with Crippen molar-refractivity contribution in [3.05, 3.63) is 35.4 Å². The number of Topliss-reactive ketones (excluding diaryl/α,β-unsaturated/α-hetero) is 1. The first-order valence-corrected chi connectivity index (χ1v) is 6.71. The Balaban J connectivity index is 2.04. The molecule has 1 aromatic carbocycles. The van der Waals surface area contributed by atoms with Crippen molar-refractivity contribution in [3.8, 4) is 0 Å². The van der Waals surface area contributed by atoms with Crippen LogP contribution in [-0.4, -0.2) is 18.3 Å². The van der Waals surface area contributed by atoms with Crippen molar-refractivity contribution < 1.29 is 13.6 Å². The zero-order valence-corrected chi connectivity index (χ0v) is 10.9. The van der Waals surface area contributed by atoms with E-state index in [2.05, 4.69) is 0 Å². The fourth-order valence-electron chi connectivity index (χ4n) is 2.75. The van der Waals surface area contributed by atoms with E-state index in [1.165, 1.54) is 0 Å². The molecule has 0 amide bonds. The predicted molar refractivity (Wildman–Crippen MR) is 70.4 cm³/mol. The second-order valence-electron chi connectivity index (χ2n) is 5.29. The maximum absolute atomic E-state index is 13.1. The Morgan fingerprint density at radius 2 is 2.11 bits per heavy atom. The summed E-state index contributed by atoms with van der Waals surface area (Å²) in [6.07, 6.45) is 1.06. The molecule has 2 rings (SSSR count). The molecule has 0 aliphatic heterocycles. The second kappa shape index (κ2) is 5.78. The first kappa shape index (κ1) is 14.1. The van der Waals surface area contributed by atoms with Gasteiger partial charge in [-0.05, 0) is 30.9 Å². The number of carbonyl (C=O) groups excluding carboxylic acids is 1. The summed E-state index contributed by atoms with van der Waals surface area (Å²) in [4.78, 5) is 12.2. The molecule has 1 aromatic rings. The molecule has 0 radical (unpaired) electrons. The maximum atomic E-state index is 13.1. The Kier molecular flexibility index (Phi) is 4.30. The molecule has 0 aromatic heterocycles. The van der Waals surface area contributed by atoms with Crippen molar-refractivity contribution >= 4 is 5.78 Å². The number of alkyl halides is 2. The molecule has 0 saturated heterocycles. The van der Waals surface area contributed by atoms with Crippen LogP contribution in [0.25, 0.3) is 0 Å². The summed E-state index contributed by atoms with van der Waals surface area (Å²) in [6.45, 7) is 0.478. The molecule has 0 spiro atoms. The summed E-state index contributed by atoms with van der Waals surface area (Å²) < 4.78 is 26.2.